The van der Waals surface area contributed by atoms with E-state index in [4.69, 9.17) is 26.8 Å². The number of pyridine rings is 1. The van der Waals surface area contributed by atoms with Crippen molar-refractivity contribution >= 4 is 5.69 Å². The average Bonchev–Trinajstić information content (AvgIpc) is 2.27. The number of hydrogen-bond donors (Lipinski definition) is 1. The van der Waals surface area contributed by atoms with Crippen LogP contribution in [0.15, 0.2) is 0 Å². The van der Waals surface area contributed by atoms with E-state index in [1.165, 1.54) is 0 Å². The molecule has 0 unspecified atom stereocenters. The lowest BCUT2D eigenvalue weighted by Gasteiger charge is -2.02. The minimum absolute atomic E-state index is 0.173. The Morgan fingerprint density at radius 1 is 0.800 bits per heavy atom. The predicted octanol–water partition coefficient (Wildman–Crippen LogP) is 0.151. The third-order valence-electron chi connectivity index (χ3n) is 1.67. The minimum atomic E-state index is -0.245. The van der Waals surface area contributed by atoms with Crippen LogP contribution in [0, 0.1) is 45.3 Å². The minimum Gasteiger partial charge on any atom is -0.396 e. The van der Waals surface area contributed by atoms with Crippen LogP contribution in [-0.4, -0.2) is 4.98 Å². The molecule has 6 heteroatoms. The maximum absolute atomic E-state index is 8.70. The highest BCUT2D eigenvalue weighted by atomic mass is 14.8. The van der Waals surface area contributed by atoms with Crippen molar-refractivity contribution in [2.45, 2.75) is 0 Å². The number of nitriles is 4. The fourth-order valence-corrected chi connectivity index (χ4v) is 0.992. The molecule has 2 N–H and O–H groups in total. The number of nitrogens with two attached hydrogens (primary N) is 1. The van der Waals surface area contributed by atoms with Gasteiger partial charge in [-0.2, -0.15) is 21.0 Å². The molecule has 15 heavy (non-hydrogen) atoms. The highest BCUT2D eigenvalue weighted by molar-refractivity contribution is 5.70. The van der Waals surface area contributed by atoms with Crippen LogP contribution in [0.3, 0.4) is 0 Å². The summed E-state index contributed by atoms with van der Waals surface area (Å²) in [7, 11) is 0. The summed E-state index contributed by atoms with van der Waals surface area (Å²) in [6.07, 6.45) is 0. The highest BCUT2D eigenvalue weighted by Gasteiger charge is 2.17. The quantitative estimate of drug-likeness (QED) is 0.624. The molecule has 0 radical (unpaired) electrons. The van der Waals surface area contributed by atoms with Gasteiger partial charge in [0.1, 0.15) is 35.4 Å². The molecule has 0 fully saturated rings. The van der Waals surface area contributed by atoms with Crippen LogP contribution < -0.4 is 5.73 Å². The molecule has 6 nitrogen and oxygen atoms in total. The van der Waals surface area contributed by atoms with Crippen molar-refractivity contribution in [1.82, 2.24) is 4.98 Å². The van der Waals surface area contributed by atoms with Crippen molar-refractivity contribution in [1.29, 1.82) is 21.0 Å². The first-order valence-corrected chi connectivity index (χ1v) is 3.63. The molecule has 0 aliphatic heterocycles. The fraction of sp³-hybridized carbons (Fsp3) is 0. The molecule has 0 aliphatic carbocycles. The molecule has 0 aromatic carbocycles. The Kier molecular flexibility index (Phi) is 2.50. The molecular formula is C9H2N6. The van der Waals surface area contributed by atoms with Crippen LogP contribution in [0.4, 0.5) is 5.69 Å². The molecule has 1 aromatic rings. The van der Waals surface area contributed by atoms with E-state index in [2.05, 4.69) is 4.98 Å². The van der Waals surface area contributed by atoms with Gasteiger partial charge in [0.15, 0.2) is 11.4 Å². The summed E-state index contributed by atoms with van der Waals surface area (Å²) in [5.41, 5.74) is 4.46. The Bertz CT molecular complexity index is 537. The van der Waals surface area contributed by atoms with E-state index in [9.17, 15) is 0 Å². The van der Waals surface area contributed by atoms with Gasteiger partial charge in [0.2, 0.25) is 0 Å². The molecule has 0 spiro atoms. The van der Waals surface area contributed by atoms with Crippen LogP contribution in [0.1, 0.15) is 22.5 Å². The van der Waals surface area contributed by atoms with Gasteiger partial charge in [-0.05, 0) is 0 Å². The second kappa shape index (κ2) is 3.75. The summed E-state index contributed by atoms with van der Waals surface area (Å²) in [5, 5.41) is 34.7. The van der Waals surface area contributed by atoms with Crippen LogP contribution in [0.25, 0.3) is 0 Å². The first kappa shape index (κ1) is 9.99. The van der Waals surface area contributed by atoms with Crippen LogP contribution in [-0.2, 0) is 0 Å². The molecule has 0 amide bonds. The molecule has 0 saturated heterocycles. The lowest BCUT2D eigenvalue weighted by Crippen LogP contribution is -2.04. The van der Waals surface area contributed by atoms with Crippen LogP contribution in [0.2, 0.25) is 0 Å². The molecular weight excluding hydrogens is 192 g/mol. The van der Waals surface area contributed by atoms with E-state index in [1.54, 1.807) is 24.3 Å². The van der Waals surface area contributed by atoms with E-state index < -0.39 is 0 Å². The fourth-order valence-electron chi connectivity index (χ4n) is 0.992. The number of rotatable bonds is 0. The van der Waals surface area contributed by atoms with Gasteiger partial charge < -0.3 is 5.73 Å². The first-order chi connectivity index (χ1) is 7.19. The maximum atomic E-state index is 8.70. The van der Waals surface area contributed by atoms with E-state index in [0.717, 1.165) is 0 Å². The van der Waals surface area contributed by atoms with Gasteiger partial charge in [-0.25, -0.2) is 4.98 Å². The molecule has 0 aliphatic rings. The van der Waals surface area contributed by atoms with Gasteiger partial charge in [-0.3, -0.25) is 0 Å². The zero-order valence-corrected chi connectivity index (χ0v) is 7.31. The maximum Gasteiger partial charge on any atom is 0.161 e. The number of anilines is 1. The second-order valence-corrected chi connectivity index (χ2v) is 2.42. The summed E-state index contributed by atoms with van der Waals surface area (Å²) in [5.74, 6) is 0. The smallest absolute Gasteiger partial charge is 0.161 e. The largest absolute Gasteiger partial charge is 0.396 e. The predicted molar refractivity (Wildman–Crippen MR) is 47.5 cm³/mol. The second-order valence-electron chi connectivity index (χ2n) is 2.42. The van der Waals surface area contributed by atoms with Gasteiger partial charge >= 0.3 is 0 Å². The molecule has 0 saturated carbocycles. The SMILES string of the molecule is N#Cc1nc(C#N)c(C#N)c(N)c1C#N. The van der Waals surface area contributed by atoms with Crippen molar-refractivity contribution in [3.8, 4) is 24.3 Å². The van der Waals surface area contributed by atoms with Crippen LogP contribution in [0.5, 0.6) is 0 Å². The average molecular weight is 194 g/mol. The molecule has 1 aromatic heterocycles. The summed E-state index contributed by atoms with van der Waals surface area (Å²) in [4.78, 5) is 3.56. The van der Waals surface area contributed by atoms with Gasteiger partial charge in [-0.15, -0.1) is 0 Å². The zero-order chi connectivity index (χ0) is 11.4. The Morgan fingerprint density at radius 2 is 1.20 bits per heavy atom. The normalized spacial score (nSPS) is 8.00. The number of nitrogen functional groups attached to an aromatic ring is 1. The molecule has 1 rings (SSSR count). The lowest BCUT2D eigenvalue weighted by molar-refractivity contribution is 1.19. The third-order valence-corrected chi connectivity index (χ3v) is 1.67. The van der Waals surface area contributed by atoms with Gasteiger partial charge in [0.25, 0.3) is 0 Å². The molecule has 0 atom stereocenters. The summed E-state index contributed by atoms with van der Waals surface area (Å²) in [6, 6.07) is 6.62. The van der Waals surface area contributed by atoms with Gasteiger partial charge in [0, 0.05) is 0 Å². The van der Waals surface area contributed by atoms with E-state index >= 15 is 0 Å². The monoisotopic (exact) mass is 194 g/mol. The van der Waals surface area contributed by atoms with Crippen molar-refractivity contribution in [3.05, 3.63) is 22.5 Å². The van der Waals surface area contributed by atoms with E-state index in [0.29, 0.717) is 0 Å². The van der Waals surface area contributed by atoms with E-state index in [1.807, 2.05) is 0 Å². The lowest BCUT2D eigenvalue weighted by atomic mass is 10.1. The summed E-state index contributed by atoms with van der Waals surface area (Å²) in [6.45, 7) is 0. The number of aromatic nitrogens is 1. The molecule has 68 valence electrons. The Hall–Kier alpha value is -3.09. The van der Waals surface area contributed by atoms with Gasteiger partial charge in [0.05, 0.1) is 5.69 Å². The Morgan fingerprint density at radius 3 is 1.47 bits per heavy atom. The Labute approximate surface area is 85.0 Å². The van der Waals surface area contributed by atoms with Crippen LogP contribution >= 0.6 is 0 Å². The first-order valence-electron chi connectivity index (χ1n) is 3.63. The molecule has 0 bridgehead atoms. The van der Waals surface area contributed by atoms with E-state index in [-0.39, 0.29) is 28.2 Å². The number of nitrogens with zero attached hydrogens (tertiary/aromatic N) is 5. The zero-order valence-electron chi connectivity index (χ0n) is 7.31. The topological polar surface area (TPSA) is 134 Å². The highest BCUT2D eigenvalue weighted by Crippen LogP contribution is 2.21. The van der Waals surface area contributed by atoms with Crippen molar-refractivity contribution in [3.63, 3.8) is 0 Å². The summed E-state index contributed by atoms with van der Waals surface area (Å²) < 4.78 is 0. The van der Waals surface area contributed by atoms with Crippen molar-refractivity contribution < 1.29 is 0 Å². The third kappa shape index (κ3) is 1.40. The van der Waals surface area contributed by atoms with Crippen molar-refractivity contribution in [2.75, 3.05) is 5.73 Å². The Balaban J connectivity index is 3.80. The summed E-state index contributed by atoms with van der Waals surface area (Å²) >= 11 is 0. The standard InChI is InChI=1S/C9H2N6/c10-1-5-7(3-12)15-8(4-13)6(2-11)9(5)14/h(H2,14,15). The van der Waals surface area contributed by atoms with Gasteiger partial charge in [-0.1, -0.05) is 0 Å². The van der Waals surface area contributed by atoms with Crippen molar-refractivity contribution in [2.24, 2.45) is 0 Å². The molecule has 1 heterocycles. The number of hydrogen-bond acceptors (Lipinski definition) is 6.